The first-order valence-corrected chi connectivity index (χ1v) is 9.71. The fraction of sp³-hybridized carbons (Fsp3) is 0.278. The number of carbonyl (C=O) groups is 1. The SMILES string of the molecule is Cc1ccccc1NC(=O)CCCN(c1ccc(F)cc1)S(C)(=O)=O. The summed E-state index contributed by atoms with van der Waals surface area (Å²) in [7, 11) is -3.52. The highest BCUT2D eigenvalue weighted by molar-refractivity contribution is 7.92. The van der Waals surface area contributed by atoms with Gasteiger partial charge in [-0.2, -0.15) is 0 Å². The fourth-order valence-corrected chi connectivity index (χ4v) is 3.37. The summed E-state index contributed by atoms with van der Waals surface area (Å²) in [6.45, 7) is 2.04. The van der Waals surface area contributed by atoms with Crippen LogP contribution in [0.2, 0.25) is 0 Å². The van der Waals surface area contributed by atoms with Gasteiger partial charge in [0.05, 0.1) is 11.9 Å². The molecule has 0 radical (unpaired) electrons. The first-order valence-electron chi connectivity index (χ1n) is 7.86. The highest BCUT2D eigenvalue weighted by Gasteiger charge is 2.17. The Morgan fingerprint density at radius 3 is 2.36 bits per heavy atom. The molecule has 0 heterocycles. The molecule has 0 spiro atoms. The summed E-state index contributed by atoms with van der Waals surface area (Å²) in [5.41, 5.74) is 2.08. The van der Waals surface area contributed by atoms with Gasteiger partial charge in [0.15, 0.2) is 0 Å². The van der Waals surface area contributed by atoms with E-state index in [1.165, 1.54) is 28.6 Å². The van der Waals surface area contributed by atoms with Gasteiger partial charge in [0.1, 0.15) is 5.82 Å². The summed E-state index contributed by atoms with van der Waals surface area (Å²) in [5.74, 6) is -0.614. The molecule has 1 N–H and O–H groups in total. The molecule has 2 rings (SSSR count). The Bertz CT molecular complexity index is 836. The van der Waals surface area contributed by atoms with E-state index in [9.17, 15) is 17.6 Å². The van der Waals surface area contributed by atoms with Crippen molar-refractivity contribution in [2.45, 2.75) is 19.8 Å². The van der Waals surface area contributed by atoms with E-state index in [0.29, 0.717) is 12.1 Å². The molecule has 134 valence electrons. The number of aryl methyl sites for hydroxylation is 1. The number of sulfonamides is 1. The van der Waals surface area contributed by atoms with E-state index < -0.39 is 15.8 Å². The molecule has 0 atom stereocenters. The van der Waals surface area contributed by atoms with Crippen molar-refractivity contribution in [3.8, 4) is 0 Å². The third-order valence-corrected chi connectivity index (χ3v) is 4.89. The van der Waals surface area contributed by atoms with Crippen LogP contribution in [-0.2, 0) is 14.8 Å². The highest BCUT2D eigenvalue weighted by Crippen LogP contribution is 2.19. The van der Waals surface area contributed by atoms with Crippen LogP contribution in [0.1, 0.15) is 18.4 Å². The summed E-state index contributed by atoms with van der Waals surface area (Å²) in [6, 6.07) is 12.7. The van der Waals surface area contributed by atoms with E-state index in [2.05, 4.69) is 5.32 Å². The number of benzene rings is 2. The monoisotopic (exact) mass is 364 g/mol. The Balaban J connectivity index is 1.96. The minimum Gasteiger partial charge on any atom is -0.326 e. The predicted molar refractivity (Wildman–Crippen MR) is 97.6 cm³/mol. The van der Waals surface area contributed by atoms with Crippen LogP contribution in [0.3, 0.4) is 0 Å². The molecule has 2 aromatic rings. The predicted octanol–water partition coefficient (Wildman–Crippen LogP) is 3.32. The van der Waals surface area contributed by atoms with E-state index in [1.807, 2.05) is 31.2 Å². The molecule has 0 aromatic heterocycles. The molecule has 0 aliphatic heterocycles. The van der Waals surface area contributed by atoms with Crippen molar-refractivity contribution in [2.24, 2.45) is 0 Å². The number of halogens is 1. The van der Waals surface area contributed by atoms with Gasteiger partial charge >= 0.3 is 0 Å². The minimum atomic E-state index is -3.52. The average molecular weight is 364 g/mol. The van der Waals surface area contributed by atoms with Crippen LogP contribution in [0.15, 0.2) is 48.5 Å². The maximum absolute atomic E-state index is 13.0. The van der Waals surface area contributed by atoms with E-state index >= 15 is 0 Å². The lowest BCUT2D eigenvalue weighted by molar-refractivity contribution is -0.116. The maximum Gasteiger partial charge on any atom is 0.232 e. The third kappa shape index (κ3) is 5.56. The molecule has 25 heavy (non-hydrogen) atoms. The molecule has 7 heteroatoms. The van der Waals surface area contributed by atoms with E-state index in [1.54, 1.807) is 0 Å². The number of carbonyl (C=O) groups excluding carboxylic acids is 1. The molecule has 0 saturated carbocycles. The van der Waals surface area contributed by atoms with Gasteiger partial charge in [-0.3, -0.25) is 9.10 Å². The Kier molecular flexibility index (Phi) is 6.14. The number of hydrogen-bond donors (Lipinski definition) is 1. The number of amides is 1. The van der Waals surface area contributed by atoms with Crippen LogP contribution in [-0.4, -0.2) is 27.1 Å². The topological polar surface area (TPSA) is 66.5 Å². The van der Waals surface area contributed by atoms with E-state index in [-0.39, 0.29) is 18.9 Å². The van der Waals surface area contributed by atoms with Crippen molar-refractivity contribution in [3.05, 3.63) is 59.9 Å². The van der Waals surface area contributed by atoms with Gasteiger partial charge in [-0.1, -0.05) is 18.2 Å². The second kappa shape index (κ2) is 8.11. The number of hydrogen-bond acceptors (Lipinski definition) is 3. The standard InChI is InChI=1S/C18H21FN2O3S/c1-14-6-3-4-7-17(14)20-18(22)8-5-13-21(25(2,23)24)16-11-9-15(19)10-12-16/h3-4,6-7,9-12H,5,8,13H2,1-2H3,(H,20,22). The highest BCUT2D eigenvalue weighted by atomic mass is 32.2. The second-order valence-corrected chi connectivity index (χ2v) is 7.69. The van der Waals surface area contributed by atoms with Gasteiger partial charge in [-0.25, -0.2) is 12.8 Å². The molecule has 0 bridgehead atoms. The van der Waals surface area contributed by atoms with E-state index in [0.717, 1.165) is 17.5 Å². The molecule has 1 amide bonds. The van der Waals surface area contributed by atoms with Gasteiger partial charge in [-0.05, 0) is 49.2 Å². The number of nitrogens with zero attached hydrogens (tertiary/aromatic N) is 1. The maximum atomic E-state index is 13.0. The Labute approximate surface area is 147 Å². The van der Waals surface area contributed by atoms with Gasteiger partial charge in [0.25, 0.3) is 0 Å². The van der Waals surface area contributed by atoms with Gasteiger partial charge in [-0.15, -0.1) is 0 Å². The van der Waals surface area contributed by atoms with Crippen LogP contribution in [0.25, 0.3) is 0 Å². The first kappa shape index (κ1) is 18.9. The van der Waals surface area contributed by atoms with Crippen LogP contribution in [0.5, 0.6) is 0 Å². The molecule has 0 aliphatic carbocycles. The molecule has 5 nitrogen and oxygen atoms in total. The first-order chi connectivity index (χ1) is 11.8. The summed E-state index contributed by atoms with van der Waals surface area (Å²) in [5, 5.41) is 2.81. The van der Waals surface area contributed by atoms with Crippen molar-refractivity contribution < 1.29 is 17.6 Å². The number of anilines is 2. The molecule has 0 fully saturated rings. The van der Waals surface area contributed by atoms with Crippen molar-refractivity contribution in [3.63, 3.8) is 0 Å². The number of nitrogens with one attached hydrogen (secondary N) is 1. The zero-order valence-electron chi connectivity index (χ0n) is 14.2. The summed E-state index contributed by atoms with van der Waals surface area (Å²) in [4.78, 5) is 12.0. The summed E-state index contributed by atoms with van der Waals surface area (Å²) >= 11 is 0. The Morgan fingerprint density at radius 2 is 1.76 bits per heavy atom. The van der Waals surface area contributed by atoms with Crippen LogP contribution >= 0.6 is 0 Å². The lowest BCUT2D eigenvalue weighted by Gasteiger charge is -2.22. The zero-order chi connectivity index (χ0) is 18.4. The molecular weight excluding hydrogens is 343 g/mol. The van der Waals surface area contributed by atoms with Crippen LogP contribution in [0, 0.1) is 12.7 Å². The van der Waals surface area contributed by atoms with Crippen molar-refractivity contribution in [1.82, 2.24) is 0 Å². The normalized spacial score (nSPS) is 11.2. The molecule has 0 aliphatic rings. The third-order valence-electron chi connectivity index (χ3n) is 3.70. The lowest BCUT2D eigenvalue weighted by Crippen LogP contribution is -2.31. The summed E-state index contributed by atoms with van der Waals surface area (Å²) in [6.07, 6.45) is 1.62. The molecule has 0 saturated heterocycles. The van der Waals surface area contributed by atoms with E-state index in [4.69, 9.17) is 0 Å². The average Bonchev–Trinajstić information content (AvgIpc) is 2.54. The fourth-order valence-electron chi connectivity index (χ4n) is 2.40. The van der Waals surface area contributed by atoms with Gasteiger partial charge in [0, 0.05) is 18.7 Å². The summed E-state index contributed by atoms with van der Waals surface area (Å²) < 4.78 is 38.1. The van der Waals surface area contributed by atoms with Crippen LogP contribution in [0.4, 0.5) is 15.8 Å². The molecule has 0 unspecified atom stereocenters. The Morgan fingerprint density at radius 1 is 1.12 bits per heavy atom. The van der Waals surface area contributed by atoms with Crippen molar-refractivity contribution >= 4 is 27.3 Å². The number of rotatable bonds is 7. The largest absolute Gasteiger partial charge is 0.326 e. The van der Waals surface area contributed by atoms with Crippen molar-refractivity contribution in [2.75, 3.05) is 22.4 Å². The smallest absolute Gasteiger partial charge is 0.232 e. The quantitative estimate of drug-likeness (QED) is 0.820. The molecule has 2 aromatic carbocycles. The zero-order valence-corrected chi connectivity index (χ0v) is 15.0. The minimum absolute atomic E-state index is 0.145. The Hall–Kier alpha value is -2.41. The lowest BCUT2D eigenvalue weighted by atomic mass is 10.2. The van der Waals surface area contributed by atoms with Gasteiger partial charge < -0.3 is 5.32 Å². The van der Waals surface area contributed by atoms with Crippen LogP contribution < -0.4 is 9.62 Å². The van der Waals surface area contributed by atoms with Crippen molar-refractivity contribution in [1.29, 1.82) is 0 Å². The van der Waals surface area contributed by atoms with Gasteiger partial charge in [0.2, 0.25) is 15.9 Å². The second-order valence-electron chi connectivity index (χ2n) is 5.78. The molecular formula is C18H21FN2O3S. The number of para-hydroxylation sites is 1.